The largest absolute Gasteiger partial charge is 0.379 e. The molecule has 2 fully saturated rings. The highest BCUT2D eigenvalue weighted by Gasteiger charge is 2.41. The van der Waals surface area contributed by atoms with E-state index in [9.17, 15) is 4.79 Å². The molecule has 0 aromatic heterocycles. The SMILES string of the molecule is NC1(C(=O)N2CCNCC2)CCOC1. The van der Waals surface area contributed by atoms with Crippen LogP contribution in [0.25, 0.3) is 0 Å². The molecule has 2 rings (SSSR count). The molecule has 1 amide bonds. The van der Waals surface area contributed by atoms with E-state index in [1.165, 1.54) is 0 Å². The second-order valence-electron chi connectivity index (χ2n) is 4.00. The number of amides is 1. The van der Waals surface area contributed by atoms with Crippen LogP contribution >= 0.6 is 0 Å². The van der Waals surface area contributed by atoms with Gasteiger partial charge >= 0.3 is 0 Å². The molecule has 2 saturated heterocycles. The van der Waals surface area contributed by atoms with Crippen molar-refractivity contribution in [3.63, 3.8) is 0 Å². The van der Waals surface area contributed by atoms with Crippen LogP contribution in [0.2, 0.25) is 0 Å². The summed E-state index contributed by atoms with van der Waals surface area (Å²) in [6.45, 7) is 4.23. The Labute approximate surface area is 83.6 Å². The molecule has 1 atom stereocenters. The van der Waals surface area contributed by atoms with Crippen molar-refractivity contribution in [3.8, 4) is 0 Å². The van der Waals surface area contributed by atoms with Crippen molar-refractivity contribution in [2.45, 2.75) is 12.0 Å². The van der Waals surface area contributed by atoms with Crippen LogP contribution in [-0.4, -0.2) is 55.7 Å². The third kappa shape index (κ3) is 1.75. The predicted octanol–water partition coefficient (Wildman–Crippen LogP) is -1.46. The summed E-state index contributed by atoms with van der Waals surface area (Å²) in [5.74, 6) is 0.0523. The summed E-state index contributed by atoms with van der Waals surface area (Å²) >= 11 is 0. The van der Waals surface area contributed by atoms with E-state index >= 15 is 0 Å². The molecule has 2 heterocycles. The van der Waals surface area contributed by atoms with Gasteiger partial charge in [0.25, 0.3) is 0 Å². The van der Waals surface area contributed by atoms with Gasteiger partial charge in [-0.1, -0.05) is 0 Å². The first-order valence-electron chi connectivity index (χ1n) is 5.09. The molecule has 0 radical (unpaired) electrons. The number of rotatable bonds is 1. The minimum Gasteiger partial charge on any atom is -0.379 e. The van der Waals surface area contributed by atoms with Crippen molar-refractivity contribution < 1.29 is 9.53 Å². The van der Waals surface area contributed by atoms with Gasteiger partial charge in [-0.05, 0) is 6.42 Å². The molecule has 2 aliphatic rings. The molecule has 80 valence electrons. The summed E-state index contributed by atoms with van der Waals surface area (Å²) in [7, 11) is 0. The fraction of sp³-hybridized carbons (Fsp3) is 0.889. The first-order valence-corrected chi connectivity index (χ1v) is 5.09. The maximum absolute atomic E-state index is 12.0. The van der Waals surface area contributed by atoms with Crippen LogP contribution in [0.15, 0.2) is 0 Å². The van der Waals surface area contributed by atoms with Gasteiger partial charge < -0.3 is 20.7 Å². The zero-order chi connectivity index (χ0) is 10.0. The molecule has 14 heavy (non-hydrogen) atoms. The van der Waals surface area contributed by atoms with Crippen molar-refractivity contribution in [2.75, 3.05) is 39.4 Å². The minimum atomic E-state index is -0.753. The third-order valence-electron chi connectivity index (χ3n) is 2.88. The minimum absolute atomic E-state index is 0.0523. The van der Waals surface area contributed by atoms with Gasteiger partial charge in [-0.3, -0.25) is 4.79 Å². The highest BCUT2D eigenvalue weighted by Crippen LogP contribution is 2.18. The summed E-state index contributed by atoms with van der Waals surface area (Å²) in [6, 6.07) is 0. The summed E-state index contributed by atoms with van der Waals surface area (Å²) in [5, 5.41) is 3.21. The molecule has 5 nitrogen and oxygen atoms in total. The van der Waals surface area contributed by atoms with Gasteiger partial charge in [0.05, 0.1) is 6.61 Å². The lowest BCUT2D eigenvalue weighted by Gasteiger charge is -2.33. The average molecular weight is 199 g/mol. The zero-order valence-corrected chi connectivity index (χ0v) is 8.29. The van der Waals surface area contributed by atoms with Crippen molar-refractivity contribution in [2.24, 2.45) is 5.73 Å². The van der Waals surface area contributed by atoms with E-state index in [0.29, 0.717) is 19.6 Å². The normalized spacial score (nSPS) is 33.4. The van der Waals surface area contributed by atoms with E-state index in [1.807, 2.05) is 4.90 Å². The van der Waals surface area contributed by atoms with Crippen molar-refractivity contribution in [1.82, 2.24) is 10.2 Å². The van der Waals surface area contributed by atoms with E-state index in [1.54, 1.807) is 0 Å². The molecule has 0 aromatic carbocycles. The molecule has 0 bridgehead atoms. The second-order valence-corrected chi connectivity index (χ2v) is 4.00. The van der Waals surface area contributed by atoms with Crippen LogP contribution in [0.4, 0.5) is 0 Å². The van der Waals surface area contributed by atoms with Gasteiger partial charge in [0.15, 0.2) is 0 Å². The molecular weight excluding hydrogens is 182 g/mol. The Bertz CT molecular complexity index is 220. The monoisotopic (exact) mass is 199 g/mol. The molecule has 1 unspecified atom stereocenters. The smallest absolute Gasteiger partial charge is 0.245 e. The maximum atomic E-state index is 12.0. The maximum Gasteiger partial charge on any atom is 0.245 e. The highest BCUT2D eigenvalue weighted by molar-refractivity contribution is 5.86. The number of nitrogens with two attached hydrogens (primary N) is 1. The molecule has 0 aliphatic carbocycles. The lowest BCUT2D eigenvalue weighted by molar-refractivity contribution is -0.137. The fourth-order valence-electron chi connectivity index (χ4n) is 1.93. The number of ether oxygens (including phenoxy) is 1. The highest BCUT2D eigenvalue weighted by atomic mass is 16.5. The Morgan fingerprint density at radius 2 is 2.14 bits per heavy atom. The molecule has 0 aromatic rings. The van der Waals surface area contributed by atoms with Gasteiger partial charge in [0.1, 0.15) is 5.54 Å². The Morgan fingerprint density at radius 3 is 2.71 bits per heavy atom. The van der Waals surface area contributed by atoms with Gasteiger partial charge in [0.2, 0.25) is 5.91 Å². The van der Waals surface area contributed by atoms with Gasteiger partial charge in [-0.25, -0.2) is 0 Å². The quantitative estimate of drug-likeness (QED) is 0.541. The number of carbonyl (C=O) groups excluding carboxylic acids is 1. The van der Waals surface area contributed by atoms with Crippen molar-refractivity contribution >= 4 is 5.91 Å². The molecule has 2 aliphatic heterocycles. The van der Waals surface area contributed by atoms with E-state index < -0.39 is 5.54 Å². The topological polar surface area (TPSA) is 67.6 Å². The van der Waals surface area contributed by atoms with Gasteiger partial charge in [-0.15, -0.1) is 0 Å². The molecule has 5 heteroatoms. The standard InChI is InChI=1S/C9H17N3O2/c10-9(1-6-14-7-9)8(13)12-4-2-11-3-5-12/h11H,1-7,10H2. The number of hydrogen-bond donors (Lipinski definition) is 2. The van der Waals surface area contributed by atoms with Crippen molar-refractivity contribution in [3.05, 3.63) is 0 Å². The Balaban J connectivity index is 1.98. The summed E-state index contributed by atoms with van der Waals surface area (Å²) < 4.78 is 5.18. The Hall–Kier alpha value is -0.650. The Morgan fingerprint density at radius 1 is 1.43 bits per heavy atom. The summed E-state index contributed by atoms with van der Waals surface area (Å²) in [6.07, 6.45) is 0.649. The first-order chi connectivity index (χ1) is 6.72. The van der Waals surface area contributed by atoms with E-state index in [2.05, 4.69) is 5.32 Å². The zero-order valence-electron chi connectivity index (χ0n) is 8.29. The second kappa shape index (κ2) is 3.84. The molecular formula is C9H17N3O2. The fourth-order valence-corrected chi connectivity index (χ4v) is 1.93. The average Bonchev–Trinajstić information content (AvgIpc) is 2.67. The van der Waals surface area contributed by atoms with Gasteiger partial charge in [-0.2, -0.15) is 0 Å². The van der Waals surface area contributed by atoms with Crippen LogP contribution in [0, 0.1) is 0 Å². The number of piperazine rings is 1. The molecule has 3 N–H and O–H groups in total. The van der Waals surface area contributed by atoms with Crippen LogP contribution in [0.3, 0.4) is 0 Å². The summed E-state index contributed by atoms with van der Waals surface area (Å²) in [5.41, 5.74) is 5.24. The number of hydrogen-bond acceptors (Lipinski definition) is 4. The van der Waals surface area contributed by atoms with Gasteiger partial charge in [0, 0.05) is 32.8 Å². The van der Waals surface area contributed by atoms with Crippen LogP contribution in [0.1, 0.15) is 6.42 Å². The third-order valence-corrected chi connectivity index (χ3v) is 2.88. The van der Waals surface area contributed by atoms with E-state index in [-0.39, 0.29) is 5.91 Å². The lowest BCUT2D eigenvalue weighted by atomic mass is 9.98. The van der Waals surface area contributed by atoms with E-state index in [0.717, 1.165) is 26.2 Å². The van der Waals surface area contributed by atoms with E-state index in [4.69, 9.17) is 10.5 Å². The number of nitrogens with one attached hydrogen (secondary N) is 1. The Kier molecular flexibility index (Phi) is 2.71. The summed E-state index contributed by atoms with van der Waals surface area (Å²) in [4.78, 5) is 13.9. The molecule has 0 spiro atoms. The lowest BCUT2D eigenvalue weighted by Crippen LogP contribution is -2.59. The predicted molar refractivity (Wildman–Crippen MR) is 51.8 cm³/mol. The van der Waals surface area contributed by atoms with Crippen LogP contribution < -0.4 is 11.1 Å². The number of carbonyl (C=O) groups is 1. The molecule has 0 saturated carbocycles. The van der Waals surface area contributed by atoms with Crippen molar-refractivity contribution in [1.29, 1.82) is 0 Å². The first kappa shape index (κ1) is 9.89. The van der Waals surface area contributed by atoms with Crippen LogP contribution in [0.5, 0.6) is 0 Å². The number of nitrogens with zero attached hydrogens (tertiary/aromatic N) is 1. The van der Waals surface area contributed by atoms with Crippen LogP contribution in [-0.2, 0) is 9.53 Å².